The van der Waals surface area contributed by atoms with Gasteiger partial charge in [0.05, 0.1) is 6.17 Å². The van der Waals surface area contributed by atoms with Gasteiger partial charge in [-0.1, -0.05) is 24.3 Å². The number of carbonyl (C=O) groups is 3. The van der Waals surface area contributed by atoms with E-state index >= 15 is 0 Å². The SMILES string of the molecule is CC(C)(C)OC(=O)n1ccnc1CC(N)c1ccc(C(=O)C(CCC(N)N)C(=O)O)cc1. The summed E-state index contributed by atoms with van der Waals surface area (Å²) in [5, 5.41) is 9.38. The number of benzene rings is 1. The zero-order valence-electron chi connectivity index (χ0n) is 18.5. The molecule has 0 spiro atoms. The summed E-state index contributed by atoms with van der Waals surface area (Å²) in [6.07, 6.45) is 2.31. The first-order chi connectivity index (χ1) is 14.9. The quantitative estimate of drug-likeness (QED) is 0.254. The van der Waals surface area contributed by atoms with E-state index in [2.05, 4.69) is 4.98 Å². The Kier molecular flexibility index (Phi) is 8.25. The lowest BCUT2D eigenvalue weighted by Crippen LogP contribution is -2.33. The van der Waals surface area contributed by atoms with E-state index in [0.717, 1.165) is 0 Å². The van der Waals surface area contributed by atoms with Crippen molar-refractivity contribution in [2.75, 3.05) is 0 Å². The van der Waals surface area contributed by atoms with E-state index in [-0.39, 0.29) is 24.8 Å². The number of rotatable bonds is 9. The molecule has 0 saturated heterocycles. The lowest BCUT2D eigenvalue weighted by atomic mass is 9.91. The molecular formula is C22H31N5O5. The van der Waals surface area contributed by atoms with Gasteiger partial charge in [0.2, 0.25) is 0 Å². The molecule has 0 aliphatic heterocycles. The van der Waals surface area contributed by atoms with E-state index in [9.17, 15) is 19.5 Å². The molecule has 32 heavy (non-hydrogen) atoms. The van der Waals surface area contributed by atoms with E-state index in [1.54, 1.807) is 32.9 Å². The normalized spacial score (nSPS) is 13.6. The van der Waals surface area contributed by atoms with Crippen LogP contribution in [0.2, 0.25) is 0 Å². The summed E-state index contributed by atoms with van der Waals surface area (Å²) < 4.78 is 6.68. The van der Waals surface area contributed by atoms with Gasteiger partial charge in [-0.25, -0.2) is 14.3 Å². The summed E-state index contributed by atoms with van der Waals surface area (Å²) in [7, 11) is 0. The molecule has 0 saturated carbocycles. The Bertz CT molecular complexity index is 946. The minimum absolute atomic E-state index is 0.0560. The van der Waals surface area contributed by atoms with Crippen molar-refractivity contribution in [3.63, 3.8) is 0 Å². The minimum atomic E-state index is -1.22. The molecule has 2 rings (SSSR count). The van der Waals surface area contributed by atoms with Crippen LogP contribution in [0.1, 0.15) is 61.4 Å². The van der Waals surface area contributed by atoms with Crippen molar-refractivity contribution >= 4 is 17.8 Å². The maximum atomic E-state index is 12.6. The van der Waals surface area contributed by atoms with Gasteiger partial charge in [-0.05, 0) is 39.2 Å². The lowest BCUT2D eigenvalue weighted by Gasteiger charge is -2.20. The van der Waals surface area contributed by atoms with Gasteiger partial charge in [-0.3, -0.25) is 9.59 Å². The molecule has 0 bridgehead atoms. The highest BCUT2D eigenvalue weighted by molar-refractivity contribution is 6.08. The zero-order valence-corrected chi connectivity index (χ0v) is 18.5. The first-order valence-electron chi connectivity index (χ1n) is 10.3. The topological polar surface area (TPSA) is 177 Å². The number of nitrogens with two attached hydrogens (primary N) is 3. The molecule has 2 atom stereocenters. The fourth-order valence-corrected chi connectivity index (χ4v) is 3.10. The maximum absolute atomic E-state index is 12.6. The molecule has 0 radical (unpaired) electrons. The highest BCUT2D eigenvalue weighted by Gasteiger charge is 2.27. The van der Waals surface area contributed by atoms with Crippen LogP contribution >= 0.6 is 0 Å². The van der Waals surface area contributed by atoms with Crippen LogP contribution in [0.5, 0.6) is 0 Å². The Balaban J connectivity index is 2.10. The molecular weight excluding hydrogens is 414 g/mol. The average Bonchev–Trinajstić information content (AvgIpc) is 3.14. The van der Waals surface area contributed by atoms with Gasteiger partial charge < -0.3 is 27.0 Å². The molecule has 10 heteroatoms. The highest BCUT2D eigenvalue weighted by Crippen LogP contribution is 2.20. The number of carboxylic acid groups (broad SMARTS) is 1. The second-order valence-electron chi connectivity index (χ2n) is 8.62. The van der Waals surface area contributed by atoms with Gasteiger partial charge in [0.25, 0.3) is 0 Å². The van der Waals surface area contributed by atoms with Crippen LogP contribution < -0.4 is 17.2 Å². The number of aromatic nitrogens is 2. The van der Waals surface area contributed by atoms with Crippen molar-refractivity contribution < 1.29 is 24.2 Å². The third-order valence-corrected chi connectivity index (χ3v) is 4.74. The number of imidazole rings is 1. The third kappa shape index (κ3) is 6.98. The van der Waals surface area contributed by atoms with Crippen LogP contribution in [0.3, 0.4) is 0 Å². The number of nitrogens with zero attached hydrogens (tertiary/aromatic N) is 2. The van der Waals surface area contributed by atoms with E-state index in [1.165, 1.54) is 29.1 Å². The first-order valence-corrected chi connectivity index (χ1v) is 10.3. The number of Topliss-reactive ketones (excluding diaryl/α,β-unsaturated/α-hetero) is 1. The van der Waals surface area contributed by atoms with Gasteiger partial charge in [0, 0.05) is 30.4 Å². The molecule has 174 valence electrons. The van der Waals surface area contributed by atoms with Crippen LogP contribution in [0, 0.1) is 5.92 Å². The Morgan fingerprint density at radius 3 is 2.25 bits per heavy atom. The summed E-state index contributed by atoms with van der Waals surface area (Å²) in [5.74, 6) is -2.51. The number of carbonyl (C=O) groups excluding carboxylic acids is 2. The Hall–Kier alpha value is -3.08. The molecule has 0 amide bonds. The van der Waals surface area contributed by atoms with Gasteiger partial charge in [-0.15, -0.1) is 0 Å². The molecule has 7 N–H and O–H groups in total. The first kappa shape index (κ1) is 25.2. The van der Waals surface area contributed by atoms with Crippen LogP contribution in [-0.2, 0) is 16.0 Å². The number of hydrogen-bond acceptors (Lipinski definition) is 8. The number of ketones is 1. The van der Waals surface area contributed by atoms with Gasteiger partial charge in [-0.2, -0.15) is 0 Å². The fraction of sp³-hybridized carbons (Fsp3) is 0.455. The maximum Gasteiger partial charge on any atom is 0.419 e. The summed E-state index contributed by atoms with van der Waals surface area (Å²) in [6.45, 7) is 5.32. The second kappa shape index (κ2) is 10.5. The van der Waals surface area contributed by atoms with E-state index < -0.39 is 41.6 Å². The molecule has 0 aliphatic rings. The summed E-state index contributed by atoms with van der Waals surface area (Å²) in [5.41, 5.74) is 17.5. The van der Waals surface area contributed by atoms with E-state index in [0.29, 0.717) is 11.4 Å². The Morgan fingerprint density at radius 1 is 1.09 bits per heavy atom. The summed E-state index contributed by atoms with van der Waals surface area (Å²) in [6, 6.07) is 5.89. The fourth-order valence-electron chi connectivity index (χ4n) is 3.10. The van der Waals surface area contributed by atoms with E-state index in [1.807, 2.05) is 0 Å². The Morgan fingerprint density at radius 2 is 1.72 bits per heavy atom. The molecule has 1 aromatic carbocycles. The van der Waals surface area contributed by atoms with Crippen molar-refractivity contribution in [2.45, 2.75) is 57.8 Å². The number of ether oxygens (including phenoxy) is 1. The predicted molar refractivity (Wildman–Crippen MR) is 118 cm³/mol. The summed E-state index contributed by atoms with van der Waals surface area (Å²) in [4.78, 5) is 40.6. The van der Waals surface area contributed by atoms with Crippen molar-refractivity contribution in [1.82, 2.24) is 9.55 Å². The predicted octanol–water partition coefficient (Wildman–Crippen LogP) is 1.82. The standard InChI is InChI=1S/C22H31N5O5/c1-22(2,3)32-21(31)27-11-10-26-18(27)12-16(23)13-4-6-14(7-5-13)19(28)15(20(29)30)8-9-17(24)25/h4-7,10-11,15-17H,8-9,12,23-25H2,1-3H3,(H,29,30). The molecule has 0 fully saturated rings. The van der Waals surface area contributed by atoms with Crippen LogP contribution in [-0.4, -0.2) is 44.3 Å². The van der Waals surface area contributed by atoms with Crippen molar-refractivity contribution in [3.8, 4) is 0 Å². The molecule has 2 unspecified atom stereocenters. The molecule has 1 heterocycles. The van der Waals surface area contributed by atoms with Crippen molar-refractivity contribution in [1.29, 1.82) is 0 Å². The van der Waals surface area contributed by atoms with Gasteiger partial charge in [0.15, 0.2) is 5.78 Å². The molecule has 10 nitrogen and oxygen atoms in total. The average molecular weight is 446 g/mol. The third-order valence-electron chi connectivity index (χ3n) is 4.74. The zero-order chi connectivity index (χ0) is 24.1. The molecule has 0 aliphatic carbocycles. The van der Waals surface area contributed by atoms with Gasteiger partial charge in [0.1, 0.15) is 17.3 Å². The largest absolute Gasteiger partial charge is 0.481 e. The molecule has 1 aromatic heterocycles. The lowest BCUT2D eigenvalue weighted by molar-refractivity contribution is -0.140. The van der Waals surface area contributed by atoms with Crippen LogP contribution in [0.4, 0.5) is 4.79 Å². The molecule has 2 aromatic rings. The monoisotopic (exact) mass is 445 g/mol. The van der Waals surface area contributed by atoms with Crippen molar-refractivity contribution in [3.05, 3.63) is 53.6 Å². The number of hydrogen-bond donors (Lipinski definition) is 4. The highest BCUT2D eigenvalue weighted by atomic mass is 16.6. The number of aliphatic carboxylic acids is 1. The van der Waals surface area contributed by atoms with Crippen molar-refractivity contribution in [2.24, 2.45) is 23.1 Å². The minimum Gasteiger partial charge on any atom is -0.481 e. The van der Waals surface area contributed by atoms with Crippen LogP contribution in [0.25, 0.3) is 0 Å². The van der Waals surface area contributed by atoms with E-state index in [4.69, 9.17) is 21.9 Å². The smallest absolute Gasteiger partial charge is 0.419 e. The number of carboxylic acids is 1. The van der Waals surface area contributed by atoms with Crippen LogP contribution in [0.15, 0.2) is 36.7 Å². The Labute approximate surface area is 186 Å². The second-order valence-corrected chi connectivity index (χ2v) is 8.62. The summed E-state index contributed by atoms with van der Waals surface area (Å²) >= 11 is 0. The van der Waals surface area contributed by atoms with Gasteiger partial charge >= 0.3 is 12.1 Å².